The Labute approximate surface area is 117 Å². The van der Waals surface area contributed by atoms with E-state index in [-0.39, 0.29) is 6.04 Å². The average Bonchev–Trinajstić information content (AvgIpc) is 2.37. The molecular formula is C12H22N4O4. The number of carbonyl (C=O) groups excluding carboxylic acids is 2. The van der Waals surface area contributed by atoms with Crippen LogP contribution in [-0.4, -0.2) is 72.1 Å². The van der Waals surface area contributed by atoms with Crippen molar-refractivity contribution in [1.29, 1.82) is 0 Å². The number of carbonyl (C=O) groups is 3. The maximum atomic E-state index is 12.0. The largest absolute Gasteiger partial charge is 0.480 e. The van der Waals surface area contributed by atoms with Crippen LogP contribution >= 0.6 is 0 Å². The first-order valence-corrected chi connectivity index (χ1v) is 6.54. The van der Waals surface area contributed by atoms with Crippen molar-refractivity contribution in [2.45, 2.75) is 31.3 Å². The highest BCUT2D eigenvalue weighted by Crippen LogP contribution is 2.14. The number of urea groups is 1. The second-order valence-electron chi connectivity index (χ2n) is 5.16. The summed E-state index contributed by atoms with van der Waals surface area (Å²) in [6, 6.07) is -1.70. The highest BCUT2D eigenvalue weighted by atomic mass is 16.4. The number of carboxylic acids is 1. The van der Waals surface area contributed by atoms with E-state index in [0.29, 0.717) is 0 Å². The van der Waals surface area contributed by atoms with Crippen LogP contribution in [0, 0.1) is 0 Å². The van der Waals surface area contributed by atoms with Crippen LogP contribution in [0.25, 0.3) is 0 Å². The van der Waals surface area contributed by atoms with Gasteiger partial charge in [-0.1, -0.05) is 0 Å². The summed E-state index contributed by atoms with van der Waals surface area (Å²) in [6.07, 6.45) is 1.27. The molecule has 1 fully saturated rings. The van der Waals surface area contributed by atoms with Gasteiger partial charge in [-0.2, -0.15) is 0 Å². The van der Waals surface area contributed by atoms with Crippen LogP contribution in [0.3, 0.4) is 0 Å². The van der Waals surface area contributed by atoms with Crippen molar-refractivity contribution in [3.8, 4) is 0 Å². The molecule has 114 valence electrons. The van der Waals surface area contributed by atoms with E-state index in [9.17, 15) is 14.4 Å². The SMILES string of the molecule is CN1CCC(N(C)C(=O)N[C@H](CC(N)=O)C(=O)O)CC1. The van der Waals surface area contributed by atoms with Crippen LogP contribution in [-0.2, 0) is 9.59 Å². The molecule has 0 unspecified atom stereocenters. The second kappa shape index (κ2) is 7.09. The Kier molecular flexibility index (Phi) is 5.75. The maximum Gasteiger partial charge on any atom is 0.326 e. The monoisotopic (exact) mass is 286 g/mol. The predicted molar refractivity (Wildman–Crippen MR) is 72.0 cm³/mol. The summed E-state index contributed by atoms with van der Waals surface area (Å²) < 4.78 is 0. The molecule has 8 nitrogen and oxygen atoms in total. The molecule has 1 aliphatic rings. The first-order chi connectivity index (χ1) is 9.31. The van der Waals surface area contributed by atoms with Crippen LogP contribution in [0.5, 0.6) is 0 Å². The molecule has 0 aromatic heterocycles. The highest BCUT2D eigenvalue weighted by molar-refractivity contribution is 5.87. The van der Waals surface area contributed by atoms with E-state index in [2.05, 4.69) is 10.2 Å². The summed E-state index contributed by atoms with van der Waals surface area (Å²) in [7, 11) is 3.65. The molecule has 1 atom stereocenters. The number of amides is 3. The fourth-order valence-electron chi connectivity index (χ4n) is 2.20. The third-order valence-electron chi connectivity index (χ3n) is 3.56. The van der Waals surface area contributed by atoms with Crippen LogP contribution < -0.4 is 11.1 Å². The first kappa shape index (κ1) is 16.2. The molecule has 4 N–H and O–H groups in total. The molecule has 0 radical (unpaired) electrons. The summed E-state index contributed by atoms with van der Waals surface area (Å²) in [6.45, 7) is 1.79. The lowest BCUT2D eigenvalue weighted by atomic mass is 10.0. The lowest BCUT2D eigenvalue weighted by Crippen LogP contribution is -2.52. The number of hydrogen-bond acceptors (Lipinski definition) is 4. The van der Waals surface area contributed by atoms with Crippen molar-refractivity contribution in [2.24, 2.45) is 5.73 Å². The molecule has 8 heteroatoms. The van der Waals surface area contributed by atoms with Crippen LogP contribution in [0.1, 0.15) is 19.3 Å². The van der Waals surface area contributed by atoms with Gasteiger partial charge in [-0.15, -0.1) is 0 Å². The fourth-order valence-corrected chi connectivity index (χ4v) is 2.20. The van der Waals surface area contributed by atoms with E-state index >= 15 is 0 Å². The topological polar surface area (TPSA) is 116 Å². The highest BCUT2D eigenvalue weighted by Gasteiger charge is 2.28. The van der Waals surface area contributed by atoms with Gasteiger partial charge in [0.25, 0.3) is 0 Å². The second-order valence-corrected chi connectivity index (χ2v) is 5.16. The van der Waals surface area contributed by atoms with Crippen molar-refractivity contribution in [1.82, 2.24) is 15.1 Å². The summed E-state index contributed by atoms with van der Waals surface area (Å²) >= 11 is 0. The van der Waals surface area contributed by atoms with Gasteiger partial charge in [0, 0.05) is 13.1 Å². The molecule has 20 heavy (non-hydrogen) atoms. The Hall–Kier alpha value is -1.83. The number of likely N-dealkylation sites (tertiary alicyclic amines) is 1. The lowest BCUT2D eigenvalue weighted by molar-refractivity contribution is -0.141. The Morgan fingerprint density at radius 1 is 1.40 bits per heavy atom. The molecule has 0 saturated carbocycles. The molecular weight excluding hydrogens is 264 g/mol. The number of nitrogens with zero attached hydrogens (tertiary/aromatic N) is 2. The van der Waals surface area contributed by atoms with Crippen molar-refractivity contribution < 1.29 is 19.5 Å². The molecule has 1 saturated heterocycles. The predicted octanol–water partition coefficient (Wildman–Crippen LogP) is -0.949. The van der Waals surface area contributed by atoms with Gasteiger partial charge in [-0.3, -0.25) is 4.79 Å². The lowest BCUT2D eigenvalue weighted by Gasteiger charge is -2.35. The zero-order chi connectivity index (χ0) is 15.3. The Balaban J connectivity index is 2.55. The molecule has 0 aromatic carbocycles. The van der Waals surface area contributed by atoms with E-state index in [0.717, 1.165) is 25.9 Å². The average molecular weight is 286 g/mol. The van der Waals surface area contributed by atoms with Crippen LogP contribution in [0.15, 0.2) is 0 Å². The minimum Gasteiger partial charge on any atom is -0.480 e. The molecule has 0 spiro atoms. The Bertz CT molecular complexity index is 380. The Morgan fingerprint density at radius 2 is 1.95 bits per heavy atom. The number of aliphatic carboxylic acids is 1. The number of hydrogen-bond donors (Lipinski definition) is 3. The van der Waals surface area contributed by atoms with Crippen molar-refractivity contribution in [3.63, 3.8) is 0 Å². The zero-order valence-electron chi connectivity index (χ0n) is 11.8. The molecule has 0 aromatic rings. The van der Waals surface area contributed by atoms with Crippen LogP contribution in [0.2, 0.25) is 0 Å². The number of carboxylic acid groups (broad SMARTS) is 1. The third kappa shape index (κ3) is 4.69. The number of primary amides is 1. The number of rotatable bonds is 5. The van der Waals surface area contributed by atoms with Gasteiger partial charge < -0.3 is 26.0 Å². The minimum absolute atomic E-state index is 0.0780. The van der Waals surface area contributed by atoms with Gasteiger partial charge in [0.1, 0.15) is 6.04 Å². The van der Waals surface area contributed by atoms with Crippen molar-refractivity contribution >= 4 is 17.9 Å². The number of piperidine rings is 1. The third-order valence-corrected chi connectivity index (χ3v) is 3.56. The van der Waals surface area contributed by atoms with Gasteiger partial charge in [-0.25, -0.2) is 9.59 Å². The van der Waals surface area contributed by atoms with Crippen molar-refractivity contribution in [3.05, 3.63) is 0 Å². The minimum atomic E-state index is -1.28. The van der Waals surface area contributed by atoms with Crippen molar-refractivity contribution in [2.75, 3.05) is 27.2 Å². The number of nitrogens with one attached hydrogen (secondary N) is 1. The molecule has 0 aliphatic carbocycles. The van der Waals surface area contributed by atoms with E-state index in [1.807, 2.05) is 7.05 Å². The van der Waals surface area contributed by atoms with Gasteiger partial charge in [0.05, 0.1) is 6.42 Å². The standard InChI is InChI=1S/C12H22N4O4/c1-15-5-3-8(4-6-15)16(2)12(20)14-9(11(18)19)7-10(13)17/h8-9H,3-7H2,1-2H3,(H2,13,17)(H,14,20)(H,18,19)/t9-/m1/s1. The smallest absolute Gasteiger partial charge is 0.326 e. The first-order valence-electron chi connectivity index (χ1n) is 6.54. The van der Waals surface area contributed by atoms with Gasteiger partial charge in [0.15, 0.2) is 0 Å². The fraction of sp³-hybridized carbons (Fsp3) is 0.750. The summed E-state index contributed by atoms with van der Waals surface area (Å²) in [5.41, 5.74) is 4.97. The van der Waals surface area contributed by atoms with Crippen LogP contribution in [0.4, 0.5) is 4.79 Å². The van der Waals surface area contributed by atoms with E-state index < -0.39 is 30.4 Å². The molecule has 1 aliphatic heterocycles. The van der Waals surface area contributed by atoms with E-state index in [1.54, 1.807) is 7.05 Å². The summed E-state index contributed by atoms with van der Waals surface area (Å²) in [5, 5.41) is 11.3. The van der Waals surface area contributed by atoms with Gasteiger partial charge in [-0.05, 0) is 33.0 Å². The Morgan fingerprint density at radius 3 is 2.40 bits per heavy atom. The van der Waals surface area contributed by atoms with Gasteiger partial charge >= 0.3 is 12.0 Å². The maximum absolute atomic E-state index is 12.0. The molecule has 1 heterocycles. The molecule has 0 bridgehead atoms. The zero-order valence-corrected chi connectivity index (χ0v) is 11.8. The number of nitrogens with two attached hydrogens (primary N) is 1. The van der Waals surface area contributed by atoms with Gasteiger partial charge in [0.2, 0.25) is 5.91 Å². The molecule has 3 amide bonds. The normalized spacial score (nSPS) is 18.3. The van der Waals surface area contributed by atoms with E-state index in [1.165, 1.54) is 4.90 Å². The quantitative estimate of drug-likeness (QED) is 0.602. The molecule has 1 rings (SSSR count). The summed E-state index contributed by atoms with van der Waals surface area (Å²) in [4.78, 5) is 37.4. The van der Waals surface area contributed by atoms with E-state index in [4.69, 9.17) is 10.8 Å². The summed E-state index contributed by atoms with van der Waals surface area (Å²) in [5.74, 6) is -2.03.